The fraction of sp³-hybridized carbons (Fsp3) is 0.261. The first kappa shape index (κ1) is 21.1. The number of phenols is 1. The Morgan fingerprint density at radius 2 is 2.00 bits per heavy atom. The van der Waals surface area contributed by atoms with Gasteiger partial charge in [0.15, 0.2) is 5.16 Å². The van der Waals surface area contributed by atoms with Crippen LogP contribution in [0.3, 0.4) is 0 Å². The highest BCUT2D eigenvalue weighted by atomic mass is 35.5. The van der Waals surface area contributed by atoms with Crippen LogP contribution in [-0.2, 0) is 17.0 Å². The third-order valence-electron chi connectivity index (χ3n) is 5.46. The lowest BCUT2D eigenvalue weighted by molar-refractivity contribution is 0.0937. The first-order valence-corrected chi connectivity index (χ1v) is 11.5. The van der Waals surface area contributed by atoms with Crippen molar-refractivity contribution in [3.63, 3.8) is 0 Å². The van der Waals surface area contributed by atoms with E-state index in [-0.39, 0.29) is 17.4 Å². The first-order chi connectivity index (χ1) is 15.5. The van der Waals surface area contributed by atoms with E-state index in [9.17, 15) is 14.7 Å². The van der Waals surface area contributed by atoms with Gasteiger partial charge in [-0.05, 0) is 48.7 Å². The summed E-state index contributed by atoms with van der Waals surface area (Å²) in [6.07, 6.45) is 1.83. The van der Waals surface area contributed by atoms with Crippen molar-refractivity contribution < 1.29 is 14.3 Å². The molecule has 0 radical (unpaired) electrons. The van der Waals surface area contributed by atoms with E-state index in [0.29, 0.717) is 51.0 Å². The Kier molecular flexibility index (Phi) is 5.67. The lowest BCUT2D eigenvalue weighted by atomic mass is 10.1. The molecule has 1 aliphatic rings. The number of aromatic hydroxyl groups is 1. The van der Waals surface area contributed by atoms with E-state index in [2.05, 4.69) is 0 Å². The largest absolute Gasteiger partial charge is 0.508 e. The van der Waals surface area contributed by atoms with Crippen molar-refractivity contribution in [2.45, 2.75) is 36.4 Å². The Hall–Kier alpha value is -2.81. The molecule has 164 valence electrons. The minimum atomic E-state index is -0.506. The zero-order valence-electron chi connectivity index (χ0n) is 16.9. The third-order valence-corrected chi connectivity index (χ3v) is 6.72. The number of ether oxygens (including phenoxy) is 1. The SMILES string of the molecule is O=c1cc(CSc2nc3cc(Cl)ccc3c(=O)n2C[C@H]2CCCO2)c2ccc(O)cc2o1. The predicted molar refractivity (Wildman–Crippen MR) is 124 cm³/mol. The van der Waals surface area contributed by atoms with E-state index in [1.807, 2.05) is 0 Å². The van der Waals surface area contributed by atoms with Gasteiger partial charge in [0.25, 0.3) is 5.56 Å². The summed E-state index contributed by atoms with van der Waals surface area (Å²) in [5.74, 6) is 0.403. The van der Waals surface area contributed by atoms with Crippen LogP contribution in [0.25, 0.3) is 21.9 Å². The third kappa shape index (κ3) is 4.13. The molecule has 5 rings (SSSR count). The zero-order chi connectivity index (χ0) is 22.2. The number of nitrogens with zero attached hydrogens (tertiary/aromatic N) is 2. The van der Waals surface area contributed by atoms with Crippen LogP contribution in [-0.4, -0.2) is 27.4 Å². The van der Waals surface area contributed by atoms with Gasteiger partial charge in [0.05, 0.1) is 23.6 Å². The van der Waals surface area contributed by atoms with Gasteiger partial charge < -0.3 is 14.3 Å². The van der Waals surface area contributed by atoms with Gasteiger partial charge in [0.1, 0.15) is 11.3 Å². The van der Waals surface area contributed by atoms with Crippen molar-refractivity contribution in [3.8, 4) is 5.75 Å². The molecule has 2 aromatic carbocycles. The number of halogens is 1. The summed E-state index contributed by atoms with van der Waals surface area (Å²) in [4.78, 5) is 30.0. The summed E-state index contributed by atoms with van der Waals surface area (Å²) in [5.41, 5.74) is 0.908. The van der Waals surface area contributed by atoms with Crippen molar-refractivity contribution in [2.24, 2.45) is 0 Å². The molecule has 7 nitrogen and oxygen atoms in total. The first-order valence-electron chi connectivity index (χ1n) is 10.2. The van der Waals surface area contributed by atoms with Crippen LogP contribution in [0.5, 0.6) is 5.75 Å². The van der Waals surface area contributed by atoms with Crippen molar-refractivity contribution in [2.75, 3.05) is 6.61 Å². The van der Waals surface area contributed by atoms with Crippen molar-refractivity contribution >= 4 is 45.2 Å². The Bertz CT molecular complexity index is 1440. The highest BCUT2D eigenvalue weighted by Crippen LogP contribution is 2.29. The molecule has 32 heavy (non-hydrogen) atoms. The summed E-state index contributed by atoms with van der Waals surface area (Å²) in [6.45, 7) is 1.11. The second-order valence-electron chi connectivity index (χ2n) is 7.67. The van der Waals surface area contributed by atoms with Gasteiger partial charge in [-0.2, -0.15) is 0 Å². The molecule has 1 fully saturated rings. The molecule has 0 spiro atoms. The van der Waals surface area contributed by atoms with E-state index in [1.165, 1.54) is 23.9 Å². The van der Waals surface area contributed by atoms with Crippen LogP contribution in [0.1, 0.15) is 18.4 Å². The van der Waals surface area contributed by atoms with Crippen molar-refractivity contribution in [1.29, 1.82) is 0 Å². The van der Waals surface area contributed by atoms with Crippen LogP contribution in [0, 0.1) is 0 Å². The fourth-order valence-electron chi connectivity index (χ4n) is 3.92. The van der Waals surface area contributed by atoms with Gasteiger partial charge in [-0.3, -0.25) is 9.36 Å². The average Bonchev–Trinajstić information content (AvgIpc) is 3.27. The van der Waals surface area contributed by atoms with E-state index in [0.717, 1.165) is 18.4 Å². The van der Waals surface area contributed by atoms with Crippen molar-refractivity contribution in [1.82, 2.24) is 9.55 Å². The average molecular weight is 471 g/mol. The molecular formula is C23H19ClN2O5S. The fourth-order valence-corrected chi connectivity index (χ4v) is 5.08. The standard InChI is InChI=1S/C23H19ClN2O5S/c24-14-3-5-18-19(9-14)25-23(26(22(18)29)11-16-2-1-7-30-16)32-12-13-8-21(28)31-20-10-15(27)4-6-17(13)20/h3-6,8-10,16,27H,1-2,7,11-12H2/t16-/m1/s1. The van der Waals surface area contributed by atoms with Gasteiger partial charge in [-0.15, -0.1) is 0 Å². The summed E-state index contributed by atoms with van der Waals surface area (Å²) >= 11 is 7.48. The maximum atomic E-state index is 13.3. The molecule has 1 atom stereocenters. The number of hydrogen-bond acceptors (Lipinski definition) is 7. The van der Waals surface area contributed by atoms with Crippen LogP contribution in [0.4, 0.5) is 0 Å². The van der Waals surface area contributed by atoms with E-state index in [1.54, 1.807) is 34.9 Å². The number of benzene rings is 2. The number of rotatable bonds is 5. The minimum absolute atomic E-state index is 0.0175. The summed E-state index contributed by atoms with van der Waals surface area (Å²) < 4.78 is 12.6. The lowest BCUT2D eigenvalue weighted by Crippen LogP contribution is -2.28. The number of fused-ring (bicyclic) bond motifs is 2. The Labute approximate surface area is 191 Å². The molecule has 3 heterocycles. The Balaban J connectivity index is 1.56. The van der Waals surface area contributed by atoms with Crippen LogP contribution in [0.15, 0.2) is 61.6 Å². The number of aromatic nitrogens is 2. The molecule has 0 unspecified atom stereocenters. The maximum absolute atomic E-state index is 13.3. The van der Waals surface area contributed by atoms with Gasteiger partial charge in [0.2, 0.25) is 0 Å². The maximum Gasteiger partial charge on any atom is 0.336 e. The molecule has 1 aliphatic heterocycles. The molecule has 0 amide bonds. The second-order valence-corrected chi connectivity index (χ2v) is 9.05. The summed E-state index contributed by atoms with van der Waals surface area (Å²) in [7, 11) is 0. The highest BCUT2D eigenvalue weighted by molar-refractivity contribution is 7.98. The van der Waals surface area contributed by atoms with Gasteiger partial charge in [-0.1, -0.05) is 23.4 Å². The molecule has 1 N–H and O–H groups in total. The van der Waals surface area contributed by atoms with Crippen LogP contribution >= 0.6 is 23.4 Å². The molecule has 0 saturated carbocycles. The van der Waals surface area contributed by atoms with E-state index in [4.69, 9.17) is 25.7 Å². The van der Waals surface area contributed by atoms with Crippen LogP contribution < -0.4 is 11.2 Å². The Morgan fingerprint density at radius 3 is 2.81 bits per heavy atom. The topological polar surface area (TPSA) is 94.6 Å². The van der Waals surface area contributed by atoms with Gasteiger partial charge in [-0.25, -0.2) is 9.78 Å². The monoisotopic (exact) mass is 470 g/mol. The zero-order valence-corrected chi connectivity index (χ0v) is 18.5. The number of thioether (sulfide) groups is 1. The quantitative estimate of drug-likeness (QED) is 0.263. The summed E-state index contributed by atoms with van der Waals surface area (Å²) in [6, 6.07) is 11.1. The van der Waals surface area contributed by atoms with Crippen molar-refractivity contribution in [3.05, 3.63) is 73.8 Å². The van der Waals surface area contributed by atoms with Gasteiger partial charge in [0, 0.05) is 34.9 Å². The van der Waals surface area contributed by atoms with E-state index >= 15 is 0 Å². The molecule has 0 aliphatic carbocycles. The molecule has 9 heteroatoms. The molecule has 2 aromatic heterocycles. The second kappa shape index (κ2) is 8.61. The number of phenolic OH excluding ortho intramolecular Hbond substituents is 1. The molecule has 1 saturated heterocycles. The molecule has 4 aromatic rings. The highest BCUT2D eigenvalue weighted by Gasteiger charge is 2.21. The lowest BCUT2D eigenvalue weighted by Gasteiger charge is -2.16. The summed E-state index contributed by atoms with van der Waals surface area (Å²) in [5, 5.41) is 12.0. The van der Waals surface area contributed by atoms with E-state index < -0.39 is 5.63 Å². The Morgan fingerprint density at radius 1 is 1.16 bits per heavy atom. The molecule has 0 bridgehead atoms. The van der Waals surface area contributed by atoms with Crippen LogP contribution in [0.2, 0.25) is 5.02 Å². The molecular weight excluding hydrogens is 452 g/mol. The number of hydrogen-bond donors (Lipinski definition) is 1. The van der Waals surface area contributed by atoms with Gasteiger partial charge >= 0.3 is 5.63 Å². The predicted octanol–water partition coefficient (Wildman–Crippen LogP) is 4.33. The normalized spacial score (nSPS) is 16.2. The minimum Gasteiger partial charge on any atom is -0.508 e. The smallest absolute Gasteiger partial charge is 0.336 e.